The summed E-state index contributed by atoms with van der Waals surface area (Å²) in [6.07, 6.45) is 0. The van der Waals surface area contributed by atoms with Gasteiger partial charge in [-0.05, 0) is 62.0 Å². The van der Waals surface area contributed by atoms with Crippen LogP contribution in [0, 0.1) is 6.92 Å². The van der Waals surface area contributed by atoms with E-state index in [0.717, 1.165) is 35.0 Å². The normalized spacial score (nSPS) is 18.1. The van der Waals surface area contributed by atoms with E-state index in [-0.39, 0.29) is 23.9 Å². The zero-order valence-corrected chi connectivity index (χ0v) is 19.8. The number of anilines is 1. The summed E-state index contributed by atoms with van der Waals surface area (Å²) in [5.74, 6) is -0.207. The van der Waals surface area contributed by atoms with Crippen LogP contribution in [-0.2, 0) is 4.79 Å². The van der Waals surface area contributed by atoms with Gasteiger partial charge in [-0.1, -0.05) is 48.5 Å². The predicted octanol–water partition coefficient (Wildman–Crippen LogP) is 3.82. The highest BCUT2D eigenvalue weighted by Gasteiger charge is 2.28. The molecule has 1 heterocycles. The zero-order valence-electron chi connectivity index (χ0n) is 19.8. The first-order chi connectivity index (χ1) is 15.8. The Morgan fingerprint density at radius 3 is 2.58 bits per heavy atom. The van der Waals surface area contributed by atoms with E-state index in [9.17, 15) is 9.59 Å². The quantitative estimate of drug-likeness (QED) is 0.628. The fraction of sp³-hybridized carbons (Fsp3) is 0.333. The molecule has 1 saturated heterocycles. The number of hydrogen-bond acceptors (Lipinski definition) is 4. The first-order valence-electron chi connectivity index (χ1n) is 11.4. The van der Waals surface area contributed by atoms with Crippen LogP contribution in [0.2, 0.25) is 0 Å². The highest BCUT2D eigenvalue weighted by atomic mass is 16.2. The van der Waals surface area contributed by atoms with Crippen molar-refractivity contribution >= 4 is 28.3 Å². The molecule has 4 rings (SSSR count). The zero-order chi connectivity index (χ0) is 23.5. The van der Waals surface area contributed by atoms with Crippen molar-refractivity contribution in [2.24, 2.45) is 0 Å². The van der Waals surface area contributed by atoms with Crippen molar-refractivity contribution in [1.29, 1.82) is 0 Å². The molecular weight excluding hydrogens is 412 g/mol. The Labute approximate surface area is 195 Å². The van der Waals surface area contributed by atoms with Crippen LogP contribution in [0.25, 0.3) is 10.8 Å². The van der Waals surface area contributed by atoms with Crippen LogP contribution >= 0.6 is 0 Å². The number of likely N-dealkylation sites (N-methyl/N-ethyl adjacent to an activating group) is 2. The van der Waals surface area contributed by atoms with Crippen molar-refractivity contribution in [1.82, 2.24) is 15.1 Å². The molecule has 6 nitrogen and oxygen atoms in total. The van der Waals surface area contributed by atoms with E-state index in [1.807, 2.05) is 58.3 Å². The molecule has 0 aliphatic carbocycles. The molecule has 0 radical (unpaired) electrons. The van der Waals surface area contributed by atoms with Crippen molar-refractivity contribution < 1.29 is 9.59 Å². The number of carbonyl (C=O) groups excluding carboxylic acids is 2. The van der Waals surface area contributed by atoms with Crippen molar-refractivity contribution in [3.63, 3.8) is 0 Å². The van der Waals surface area contributed by atoms with Crippen LogP contribution in [0.5, 0.6) is 0 Å². The monoisotopic (exact) mass is 444 g/mol. The first kappa shape index (κ1) is 23.0. The molecule has 3 aromatic rings. The summed E-state index contributed by atoms with van der Waals surface area (Å²) in [6.45, 7) is 6.39. The third-order valence-corrected chi connectivity index (χ3v) is 6.54. The van der Waals surface area contributed by atoms with Crippen LogP contribution in [0.1, 0.15) is 34.5 Å². The molecule has 1 aliphatic rings. The Hall–Kier alpha value is -3.22. The number of rotatable bonds is 5. The first-order valence-corrected chi connectivity index (χ1v) is 11.4. The highest BCUT2D eigenvalue weighted by molar-refractivity contribution is 6.00. The molecule has 0 spiro atoms. The van der Waals surface area contributed by atoms with Gasteiger partial charge in [-0.25, -0.2) is 0 Å². The molecule has 0 bridgehead atoms. The van der Waals surface area contributed by atoms with Crippen LogP contribution in [0.15, 0.2) is 60.7 Å². The SMILES string of the molecule is Cc1ccc(NC(=O)[C@@H]2CN(C)CCN2C)cc1C(=O)N[C@H](C)c1cccc2ccccc12. The molecule has 0 saturated carbocycles. The van der Waals surface area contributed by atoms with E-state index in [0.29, 0.717) is 17.8 Å². The molecular formula is C27H32N4O2. The van der Waals surface area contributed by atoms with Gasteiger partial charge >= 0.3 is 0 Å². The van der Waals surface area contributed by atoms with E-state index in [4.69, 9.17) is 0 Å². The largest absolute Gasteiger partial charge is 0.345 e. The van der Waals surface area contributed by atoms with Crippen molar-refractivity contribution in [2.75, 3.05) is 39.0 Å². The molecule has 0 aromatic heterocycles. The van der Waals surface area contributed by atoms with Gasteiger partial charge < -0.3 is 15.5 Å². The summed E-state index contributed by atoms with van der Waals surface area (Å²) in [7, 11) is 4.00. The minimum Gasteiger partial charge on any atom is -0.345 e. The van der Waals surface area contributed by atoms with E-state index >= 15 is 0 Å². The molecule has 6 heteroatoms. The molecule has 0 unspecified atom stereocenters. The third-order valence-electron chi connectivity index (χ3n) is 6.54. The molecule has 1 fully saturated rings. The summed E-state index contributed by atoms with van der Waals surface area (Å²) in [4.78, 5) is 30.3. The lowest BCUT2D eigenvalue weighted by atomic mass is 9.99. The van der Waals surface area contributed by atoms with Gasteiger partial charge in [0.15, 0.2) is 0 Å². The number of hydrogen-bond donors (Lipinski definition) is 2. The number of fused-ring (bicyclic) bond motifs is 1. The number of aryl methyl sites for hydroxylation is 1. The lowest BCUT2D eigenvalue weighted by molar-refractivity contribution is -0.122. The van der Waals surface area contributed by atoms with Gasteiger partial charge in [-0.3, -0.25) is 14.5 Å². The second-order valence-corrected chi connectivity index (χ2v) is 9.04. The van der Waals surface area contributed by atoms with Gasteiger partial charge in [-0.2, -0.15) is 0 Å². The Morgan fingerprint density at radius 2 is 1.76 bits per heavy atom. The number of nitrogens with zero attached hydrogens (tertiary/aromatic N) is 2. The molecule has 33 heavy (non-hydrogen) atoms. The Balaban J connectivity index is 1.50. The van der Waals surface area contributed by atoms with Gasteiger partial charge in [0.1, 0.15) is 6.04 Å². The number of nitrogens with one attached hydrogen (secondary N) is 2. The summed E-state index contributed by atoms with van der Waals surface area (Å²) >= 11 is 0. The fourth-order valence-corrected chi connectivity index (χ4v) is 4.44. The van der Waals surface area contributed by atoms with Crippen molar-refractivity contribution in [2.45, 2.75) is 25.9 Å². The Kier molecular flexibility index (Phi) is 6.77. The number of carbonyl (C=O) groups is 2. The van der Waals surface area contributed by atoms with Crippen LogP contribution in [-0.4, -0.2) is 61.4 Å². The number of piperazine rings is 1. The molecule has 172 valence electrons. The van der Waals surface area contributed by atoms with Gasteiger partial charge in [0, 0.05) is 30.9 Å². The van der Waals surface area contributed by atoms with Gasteiger partial charge in [-0.15, -0.1) is 0 Å². The van der Waals surface area contributed by atoms with Crippen molar-refractivity contribution in [3.05, 3.63) is 77.4 Å². The maximum atomic E-state index is 13.2. The summed E-state index contributed by atoms with van der Waals surface area (Å²) < 4.78 is 0. The molecule has 2 atom stereocenters. The van der Waals surface area contributed by atoms with Crippen LogP contribution < -0.4 is 10.6 Å². The second kappa shape index (κ2) is 9.73. The van der Waals surface area contributed by atoms with Gasteiger partial charge in [0.25, 0.3) is 5.91 Å². The van der Waals surface area contributed by atoms with E-state index in [2.05, 4.69) is 44.7 Å². The minimum absolute atomic E-state index is 0.0524. The van der Waals surface area contributed by atoms with Crippen LogP contribution in [0.4, 0.5) is 5.69 Å². The van der Waals surface area contributed by atoms with E-state index in [1.54, 1.807) is 6.07 Å². The maximum absolute atomic E-state index is 13.2. The topological polar surface area (TPSA) is 64.7 Å². The number of amides is 2. The summed E-state index contributed by atoms with van der Waals surface area (Å²) in [5, 5.41) is 8.42. The molecule has 2 amide bonds. The van der Waals surface area contributed by atoms with E-state index in [1.165, 1.54) is 0 Å². The van der Waals surface area contributed by atoms with E-state index < -0.39 is 0 Å². The highest BCUT2D eigenvalue weighted by Crippen LogP contribution is 2.25. The average molecular weight is 445 g/mol. The molecule has 1 aliphatic heterocycles. The fourth-order valence-electron chi connectivity index (χ4n) is 4.44. The Morgan fingerprint density at radius 1 is 1.00 bits per heavy atom. The lowest BCUT2D eigenvalue weighted by Crippen LogP contribution is -2.55. The molecule has 2 N–H and O–H groups in total. The smallest absolute Gasteiger partial charge is 0.252 e. The van der Waals surface area contributed by atoms with Gasteiger partial charge in [0.2, 0.25) is 5.91 Å². The lowest BCUT2D eigenvalue weighted by Gasteiger charge is -2.36. The average Bonchev–Trinajstić information content (AvgIpc) is 2.81. The standard InChI is InChI=1S/C27H32N4O2/c1-18-12-13-21(29-27(33)25-17-30(3)14-15-31(25)4)16-24(18)26(32)28-19(2)22-11-7-9-20-8-5-6-10-23(20)22/h5-13,16,19,25H,14-15,17H2,1-4H3,(H,28,32)(H,29,33)/t19-,25+/m1/s1. The third kappa shape index (κ3) is 5.07. The second-order valence-electron chi connectivity index (χ2n) is 9.04. The van der Waals surface area contributed by atoms with Gasteiger partial charge in [0.05, 0.1) is 6.04 Å². The van der Waals surface area contributed by atoms with Crippen LogP contribution in [0.3, 0.4) is 0 Å². The van der Waals surface area contributed by atoms with Crippen molar-refractivity contribution in [3.8, 4) is 0 Å². The predicted molar refractivity (Wildman–Crippen MR) is 134 cm³/mol. The summed E-state index contributed by atoms with van der Waals surface area (Å²) in [6, 6.07) is 19.4. The molecule has 3 aromatic carbocycles. The Bertz CT molecular complexity index is 1170. The summed E-state index contributed by atoms with van der Waals surface area (Å²) in [5.41, 5.74) is 3.14. The minimum atomic E-state index is -0.214. The maximum Gasteiger partial charge on any atom is 0.252 e. The number of benzene rings is 3.